The van der Waals surface area contributed by atoms with Gasteiger partial charge in [-0.05, 0) is 71.7 Å². The Balaban J connectivity index is 1.75. The largest absolute Gasteiger partial charge is 0.461 e. The number of nitrogens with zero attached hydrogens (tertiary/aromatic N) is 2. The van der Waals surface area contributed by atoms with Gasteiger partial charge in [-0.2, -0.15) is 0 Å². The van der Waals surface area contributed by atoms with Crippen LogP contribution >= 0.6 is 23.2 Å². The van der Waals surface area contributed by atoms with Crippen molar-refractivity contribution >= 4 is 56.8 Å². The van der Waals surface area contributed by atoms with Crippen LogP contribution in [0, 0.1) is 0 Å². The molecule has 0 aliphatic carbocycles. The van der Waals surface area contributed by atoms with Crippen molar-refractivity contribution in [2.24, 2.45) is 9.98 Å². The van der Waals surface area contributed by atoms with E-state index in [1.54, 1.807) is 48.5 Å². The second-order valence-corrected chi connectivity index (χ2v) is 6.86. The summed E-state index contributed by atoms with van der Waals surface area (Å²) >= 11 is 12.6. The highest BCUT2D eigenvalue weighted by Crippen LogP contribution is 2.31. The van der Waals surface area contributed by atoms with Crippen LogP contribution in [0.15, 0.2) is 116 Å². The fourth-order valence-electron chi connectivity index (χ4n) is 2.65. The minimum absolute atomic E-state index is 0.107. The lowest BCUT2D eigenvalue weighted by molar-refractivity contribution is 0.424. The molecule has 4 rings (SSSR count). The highest BCUT2D eigenvalue weighted by molar-refractivity contribution is 6.64. The lowest BCUT2D eigenvalue weighted by atomic mass is 10.2. The van der Waals surface area contributed by atoms with Gasteiger partial charge in [-0.15, -0.1) is 0 Å². The Kier molecular flexibility index (Phi) is 7.07. The van der Waals surface area contributed by atoms with Gasteiger partial charge in [0.05, 0.1) is 23.9 Å². The van der Waals surface area contributed by atoms with Gasteiger partial charge in [-0.25, -0.2) is 9.98 Å². The third kappa shape index (κ3) is 5.69. The molecule has 2 aromatic carbocycles. The third-order valence-corrected chi connectivity index (χ3v) is 4.34. The summed E-state index contributed by atoms with van der Waals surface area (Å²) in [5.41, 5.74) is 1.22. The van der Waals surface area contributed by atoms with E-state index in [4.69, 9.17) is 41.5 Å². The van der Waals surface area contributed by atoms with Gasteiger partial charge in [-0.3, -0.25) is 0 Å². The first kappa shape index (κ1) is 21.5. The molecule has 4 aromatic rings. The molecule has 0 aliphatic rings. The van der Waals surface area contributed by atoms with Gasteiger partial charge < -0.3 is 18.3 Å². The average Bonchev–Trinajstić information content (AvgIpc) is 3.52. The molecule has 32 heavy (non-hydrogen) atoms. The average molecular weight is 467 g/mol. The van der Waals surface area contributed by atoms with E-state index < -0.39 is 0 Å². The quantitative estimate of drug-likeness (QED) is 0.166. The summed E-state index contributed by atoms with van der Waals surface area (Å²) in [7, 11) is 0. The number of benzene rings is 2. The van der Waals surface area contributed by atoms with Gasteiger partial charge in [-0.1, -0.05) is 36.4 Å². The molecule has 0 aliphatic heterocycles. The Hall–Kier alpha value is -3.74. The van der Waals surface area contributed by atoms with Gasteiger partial charge in [0.15, 0.2) is 11.5 Å². The number of ether oxygens (including phenoxy) is 2. The Bertz CT molecular complexity index is 1120. The predicted octanol–water partition coefficient (Wildman–Crippen LogP) is 7.58. The van der Waals surface area contributed by atoms with Crippen LogP contribution in [-0.4, -0.2) is 10.7 Å². The summed E-state index contributed by atoms with van der Waals surface area (Å²) in [6, 6.07) is 25.0. The molecular formula is C24H16Cl2N2O4. The summed E-state index contributed by atoms with van der Waals surface area (Å²) in [6.07, 6.45) is 2.97. The molecule has 0 atom stereocenters. The number of para-hydroxylation sites is 2. The normalized spacial score (nSPS) is 12.9. The maximum absolute atomic E-state index is 6.30. The van der Waals surface area contributed by atoms with E-state index in [1.807, 2.05) is 36.4 Å². The number of rotatable bonds is 6. The molecule has 8 heteroatoms. The van der Waals surface area contributed by atoms with Crippen LogP contribution in [0.25, 0.3) is 11.5 Å². The molecule has 0 saturated carbocycles. The molecule has 0 radical (unpaired) electrons. The zero-order valence-corrected chi connectivity index (χ0v) is 18.0. The first-order valence-corrected chi connectivity index (χ1v) is 10.2. The maximum Gasteiger partial charge on any atom is 0.293 e. The SMILES string of the molecule is ClC(=Nc1ccccc1)O/C(=C(/OC(Cl)=Nc1ccccc1)c1ccco1)c1ccco1. The second-order valence-electron chi connectivity index (χ2n) is 6.22. The molecule has 2 heterocycles. The molecular weight excluding hydrogens is 451 g/mol. The van der Waals surface area contributed by atoms with Crippen LogP contribution in [0.4, 0.5) is 11.4 Å². The summed E-state index contributed by atoms with van der Waals surface area (Å²) < 4.78 is 22.7. The van der Waals surface area contributed by atoms with Gasteiger partial charge in [0.2, 0.25) is 11.5 Å². The van der Waals surface area contributed by atoms with Crippen molar-refractivity contribution in [1.29, 1.82) is 0 Å². The molecule has 0 saturated heterocycles. The highest BCUT2D eigenvalue weighted by atomic mass is 35.5. The van der Waals surface area contributed by atoms with E-state index in [1.165, 1.54) is 12.5 Å². The van der Waals surface area contributed by atoms with E-state index >= 15 is 0 Å². The lowest BCUT2D eigenvalue weighted by Gasteiger charge is -2.12. The minimum atomic E-state index is -0.161. The summed E-state index contributed by atoms with van der Waals surface area (Å²) in [5.74, 6) is 0.857. The molecule has 0 fully saturated rings. The van der Waals surface area contributed by atoms with E-state index in [-0.39, 0.29) is 22.2 Å². The van der Waals surface area contributed by atoms with Crippen molar-refractivity contribution in [2.45, 2.75) is 0 Å². The van der Waals surface area contributed by atoms with Gasteiger partial charge in [0, 0.05) is 0 Å². The van der Waals surface area contributed by atoms with E-state index in [0.717, 1.165) is 0 Å². The summed E-state index contributed by atoms with van der Waals surface area (Å²) in [6.45, 7) is 0. The monoisotopic (exact) mass is 466 g/mol. The lowest BCUT2D eigenvalue weighted by Crippen LogP contribution is -2.04. The van der Waals surface area contributed by atoms with E-state index in [9.17, 15) is 0 Å². The number of furan rings is 2. The predicted molar refractivity (Wildman–Crippen MR) is 125 cm³/mol. The van der Waals surface area contributed by atoms with E-state index in [0.29, 0.717) is 22.9 Å². The summed E-state index contributed by atoms with van der Waals surface area (Å²) in [5, 5.41) is -0.322. The fraction of sp³-hybridized carbons (Fsp3) is 0. The van der Waals surface area contributed by atoms with Gasteiger partial charge in [0.25, 0.3) is 10.7 Å². The molecule has 6 nitrogen and oxygen atoms in total. The van der Waals surface area contributed by atoms with Crippen LogP contribution in [0.3, 0.4) is 0 Å². The Labute approximate surface area is 194 Å². The number of hydrogen-bond acceptors (Lipinski definition) is 6. The van der Waals surface area contributed by atoms with Crippen LogP contribution in [0.1, 0.15) is 11.5 Å². The zero-order chi connectivity index (χ0) is 22.2. The molecule has 0 unspecified atom stereocenters. The van der Waals surface area contributed by atoms with Gasteiger partial charge in [0.1, 0.15) is 0 Å². The Morgan fingerprint density at radius 2 is 0.969 bits per heavy atom. The summed E-state index contributed by atoms with van der Waals surface area (Å²) in [4.78, 5) is 8.51. The number of halogens is 2. The van der Waals surface area contributed by atoms with Crippen LogP contribution in [0.2, 0.25) is 0 Å². The fourth-order valence-corrected chi connectivity index (χ4v) is 3.00. The Morgan fingerprint density at radius 1 is 0.562 bits per heavy atom. The number of aliphatic imine (C=N–C) groups is 2. The van der Waals surface area contributed by atoms with Crippen molar-refractivity contribution in [3.63, 3.8) is 0 Å². The standard InChI is InChI=1S/C24H16Cl2N2O4/c25-23(27-17-9-3-1-4-10-17)31-21(19-13-7-15-29-19)22(20-14-8-16-30-20)32-24(26)28-18-11-5-2-6-12-18/h1-16H/b22-21+,27-23?,28-24?. The third-order valence-electron chi connectivity index (χ3n) is 4.02. The van der Waals surface area contributed by atoms with Crippen molar-refractivity contribution in [3.05, 3.63) is 109 Å². The van der Waals surface area contributed by atoms with E-state index in [2.05, 4.69) is 9.98 Å². The smallest absolute Gasteiger partial charge is 0.293 e. The van der Waals surface area contributed by atoms with Crippen molar-refractivity contribution in [3.8, 4) is 0 Å². The van der Waals surface area contributed by atoms with Crippen molar-refractivity contribution in [2.75, 3.05) is 0 Å². The molecule has 0 amide bonds. The number of hydrogen-bond donors (Lipinski definition) is 0. The van der Waals surface area contributed by atoms with Crippen LogP contribution in [0.5, 0.6) is 0 Å². The molecule has 0 bridgehead atoms. The topological polar surface area (TPSA) is 69.5 Å². The van der Waals surface area contributed by atoms with Crippen LogP contribution < -0.4 is 0 Å². The maximum atomic E-state index is 6.30. The zero-order valence-electron chi connectivity index (χ0n) is 16.5. The van der Waals surface area contributed by atoms with Crippen molar-refractivity contribution < 1.29 is 18.3 Å². The Morgan fingerprint density at radius 3 is 1.31 bits per heavy atom. The first-order chi connectivity index (χ1) is 15.7. The molecule has 160 valence electrons. The van der Waals surface area contributed by atoms with Crippen molar-refractivity contribution in [1.82, 2.24) is 0 Å². The minimum Gasteiger partial charge on any atom is -0.461 e. The van der Waals surface area contributed by atoms with Crippen LogP contribution in [-0.2, 0) is 9.47 Å². The second kappa shape index (κ2) is 10.5. The molecule has 0 N–H and O–H groups in total. The van der Waals surface area contributed by atoms with Gasteiger partial charge >= 0.3 is 0 Å². The molecule has 0 spiro atoms. The highest BCUT2D eigenvalue weighted by Gasteiger charge is 2.23. The molecule has 2 aromatic heterocycles. The first-order valence-electron chi connectivity index (χ1n) is 9.45.